The van der Waals surface area contributed by atoms with Crippen LogP contribution in [0.4, 0.5) is 4.79 Å². The molecule has 2 aliphatic heterocycles. The van der Waals surface area contributed by atoms with Gasteiger partial charge in [0.2, 0.25) is 5.78 Å². The summed E-state index contributed by atoms with van der Waals surface area (Å²) in [5.41, 5.74) is 3.53. The van der Waals surface area contributed by atoms with Crippen LogP contribution in [0.2, 0.25) is 0 Å². The van der Waals surface area contributed by atoms with Gasteiger partial charge in [-0.15, -0.1) is 11.8 Å². The molecule has 2 heterocycles. The van der Waals surface area contributed by atoms with Gasteiger partial charge in [-0.25, -0.2) is 4.79 Å². The molecule has 2 amide bonds. The van der Waals surface area contributed by atoms with Crippen LogP contribution in [0.1, 0.15) is 65.2 Å². The number of ketones is 1. The highest BCUT2D eigenvalue weighted by Crippen LogP contribution is 2.50. The van der Waals surface area contributed by atoms with Gasteiger partial charge in [0, 0.05) is 18.0 Å². The van der Waals surface area contributed by atoms with Crippen LogP contribution in [0, 0.1) is 6.92 Å². The molecule has 37 heavy (non-hydrogen) atoms. The molecule has 6 heteroatoms. The number of hydrogen-bond donors (Lipinski definition) is 1. The number of thioether (sulfide) groups is 1. The number of carbonyl (C=O) groups excluding carboxylic acids is 2. The van der Waals surface area contributed by atoms with Crippen LogP contribution in [0.5, 0.6) is 5.75 Å². The zero-order chi connectivity index (χ0) is 26.2. The van der Waals surface area contributed by atoms with Crippen molar-refractivity contribution >= 4 is 23.6 Å². The van der Waals surface area contributed by atoms with E-state index in [9.17, 15) is 9.59 Å². The second kappa shape index (κ2) is 10.3. The van der Waals surface area contributed by atoms with Crippen molar-refractivity contribution in [3.8, 4) is 5.75 Å². The summed E-state index contributed by atoms with van der Waals surface area (Å²) in [6, 6.07) is 22.1. The number of fused-ring (bicyclic) bond motifs is 1. The molecule has 1 spiro atoms. The van der Waals surface area contributed by atoms with Crippen LogP contribution in [-0.4, -0.2) is 41.2 Å². The van der Waals surface area contributed by atoms with Gasteiger partial charge in [0.05, 0.1) is 18.0 Å². The largest absolute Gasteiger partial charge is 0.475 e. The van der Waals surface area contributed by atoms with Gasteiger partial charge in [-0.1, -0.05) is 75.4 Å². The number of urea groups is 1. The van der Waals surface area contributed by atoms with E-state index in [1.54, 1.807) is 16.7 Å². The van der Waals surface area contributed by atoms with E-state index in [0.29, 0.717) is 24.4 Å². The van der Waals surface area contributed by atoms with Crippen molar-refractivity contribution in [2.45, 2.75) is 56.6 Å². The first-order valence-corrected chi connectivity index (χ1v) is 14.0. The van der Waals surface area contributed by atoms with Crippen molar-refractivity contribution in [1.29, 1.82) is 0 Å². The van der Waals surface area contributed by atoms with Crippen LogP contribution in [-0.2, 0) is 6.54 Å². The second-order valence-corrected chi connectivity index (χ2v) is 11.6. The highest BCUT2D eigenvalue weighted by Gasteiger charge is 2.60. The first-order valence-electron chi connectivity index (χ1n) is 13.0. The van der Waals surface area contributed by atoms with E-state index in [1.165, 1.54) is 4.90 Å². The number of hydrogen-bond acceptors (Lipinski definition) is 4. The fourth-order valence-corrected chi connectivity index (χ4v) is 6.18. The lowest BCUT2D eigenvalue weighted by molar-refractivity contribution is 0.0545. The number of aryl methyl sites for hydroxylation is 1. The number of benzene rings is 3. The molecule has 5 rings (SSSR count). The Bertz CT molecular complexity index is 1310. The lowest BCUT2D eigenvalue weighted by atomic mass is 9.80. The third-order valence-corrected chi connectivity index (χ3v) is 8.37. The Balaban J connectivity index is 1.42. The molecule has 0 bridgehead atoms. The Morgan fingerprint density at radius 2 is 1.84 bits per heavy atom. The first-order chi connectivity index (χ1) is 17.8. The number of carbonyl (C=O) groups is 2. The van der Waals surface area contributed by atoms with Gasteiger partial charge in [0.25, 0.3) is 0 Å². The van der Waals surface area contributed by atoms with Crippen molar-refractivity contribution in [1.82, 2.24) is 10.2 Å². The van der Waals surface area contributed by atoms with E-state index < -0.39 is 5.60 Å². The minimum Gasteiger partial charge on any atom is -0.475 e. The summed E-state index contributed by atoms with van der Waals surface area (Å²) in [6.45, 7) is 9.38. The maximum absolute atomic E-state index is 14.1. The van der Waals surface area contributed by atoms with E-state index in [4.69, 9.17) is 4.74 Å². The number of rotatable bonds is 6. The molecule has 1 fully saturated rings. The molecule has 1 N–H and O–H groups in total. The standard InChI is InChI=1S/C31H34N2O3S/c1-5-37-24-14-12-22(13-15-24)17-32-30(35)33-18-26(23-9-7-6-8-10-23)31(19-33)29(34)27-21(4)11-16-25(20(2)3)28(27)36-31/h6-16,20,26H,5,17-19H2,1-4H3,(H,32,35). The average Bonchev–Trinajstić information content (AvgIpc) is 3.42. The minimum atomic E-state index is -1.13. The molecule has 2 aliphatic rings. The van der Waals surface area contributed by atoms with Crippen LogP contribution >= 0.6 is 11.8 Å². The smallest absolute Gasteiger partial charge is 0.317 e. The average molecular weight is 515 g/mol. The minimum absolute atomic E-state index is 0.0179. The lowest BCUT2D eigenvalue weighted by Gasteiger charge is -2.28. The molecule has 192 valence electrons. The van der Waals surface area contributed by atoms with Crippen molar-refractivity contribution < 1.29 is 14.3 Å². The third kappa shape index (κ3) is 4.63. The second-order valence-electron chi connectivity index (χ2n) is 10.2. The Labute approximate surface area is 223 Å². The number of nitrogens with one attached hydrogen (secondary N) is 1. The fraction of sp³-hybridized carbons (Fsp3) is 0.355. The van der Waals surface area contributed by atoms with Gasteiger partial charge in [-0.3, -0.25) is 4.79 Å². The molecule has 5 nitrogen and oxygen atoms in total. The third-order valence-electron chi connectivity index (χ3n) is 7.47. The molecule has 0 radical (unpaired) electrons. The number of nitrogens with zero attached hydrogens (tertiary/aromatic N) is 1. The molecular weight excluding hydrogens is 480 g/mol. The number of Topliss-reactive ketones (excluding diaryl/α,β-unsaturated/α-hetero) is 1. The summed E-state index contributed by atoms with van der Waals surface area (Å²) >= 11 is 1.79. The van der Waals surface area contributed by atoms with Crippen LogP contribution in [0.3, 0.4) is 0 Å². The van der Waals surface area contributed by atoms with Crippen LogP contribution in [0.15, 0.2) is 71.6 Å². The van der Waals surface area contributed by atoms with E-state index in [1.807, 2.05) is 55.5 Å². The summed E-state index contributed by atoms with van der Waals surface area (Å²) in [7, 11) is 0. The highest BCUT2D eigenvalue weighted by molar-refractivity contribution is 7.99. The van der Waals surface area contributed by atoms with Crippen molar-refractivity contribution in [2.75, 3.05) is 18.8 Å². The van der Waals surface area contributed by atoms with Gasteiger partial charge in [-0.05, 0) is 53.0 Å². The van der Waals surface area contributed by atoms with Crippen molar-refractivity contribution in [3.05, 3.63) is 94.5 Å². The molecule has 0 aliphatic carbocycles. The quantitative estimate of drug-likeness (QED) is 0.379. The Morgan fingerprint density at radius 1 is 1.11 bits per heavy atom. The van der Waals surface area contributed by atoms with Crippen molar-refractivity contribution in [2.24, 2.45) is 0 Å². The topological polar surface area (TPSA) is 58.6 Å². The van der Waals surface area contributed by atoms with Gasteiger partial charge in [0.1, 0.15) is 5.75 Å². The SMILES string of the molecule is CCSc1ccc(CNC(=O)N2CC(c3ccccc3)C3(C2)Oc2c(C(C)C)ccc(C)c2C3=O)cc1. The summed E-state index contributed by atoms with van der Waals surface area (Å²) in [5.74, 6) is 1.65. The number of ether oxygens (including phenoxy) is 1. The van der Waals surface area contributed by atoms with E-state index in [2.05, 4.69) is 44.3 Å². The molecule has 1 saturated heterocycles. The predicted octanol–water partition coefficient (Wildman–Crippen LogP) is 6.55. The van der Waals surface area contributed by atoms with Gasteiger partial charge in [0.15, 0.2) is 5.60 Å². The summed E-state index contributed by atoms with van der Waals surface area (Å²) in [6.07, 6.45) is 0. The maximum Gasteiger partial charge on any atom is 0.317 e. The molecule has 2 unspecified atom stereocenters. The summed E-state index contributed by atoms with van der Waals surface area (Å²) in [4.78, 5) is 30.5. The molecule has 0 saturated carbocycles. The summed E-state index contributed by atoms with van der Waals surface area (Å²) in [5, 5.41) is 3.06. The van der Waals surface area contributed by atoms with Crippen LogP contribution in [0.25, 0.3) is 0 Å². The zero-order valence-electron chi connectivity index (χ0n) is 21.9. The van der Waals surface area contributed by atoms with Gasteiger partial charge in [-0.2, -0.15) is 0 Å². The highest BCUT2D eigenvalue weighted by atomic mass is 32.2. The van der Waals surface area contributed by atoms with Gasteiger partial charge < -0.3 is 15.0 Å². The maximum atomic E-state index is 14.1. The molecular formula is C31H34N2O3S. The molecule has 3 aromatic carbocycles. The first kappa shape index (κ1) is 25.4. The Morgan fingerprint density at radius 3 is 2.51 bits per heavy atom. The number of amides is 2. The van der Waals surface area contributed by atoms with Crippen molar-refractivity contribution in [3.63, 3.8) is 0 Å². The zero-order valence-corrected chi connectivity index (χ0v) is 22.7. The molecule has 3 aromatic rings. The number of likely N-dealkylation sites (tertiary alicyclic amines) is 1. The predicted molar refractivity (Wildman–Crippen MR) is 149 cm³/mol. The Hall–Kier alpha value is -3.25. The molecule has 0 aromatic heterocycles. The Kier molecular flexibility index (Phi) is 7.04. The van der Waals surface area contributed by atoms with E-state index in [-0.39, 0.29) is 30.2 Å². The molecule has 2 atom stereocenters. The normalized spacial score (nSPS) is 20.4. The van der Waals surface area contributed by atoms with E-state index in [0.717, 1.165) is 28.0 Å². The summed E-state index contributed by atoms with van der Waals surface area (Å²) < 4.78 is 6.71. The van der Waals surface area contributed by atoms with E-state index >= 15 is 0 Å². The van der Waals surface area contributed by atoms with Gasteiger partial charge >= 0.3 is 6.03 Å². The lowest BCUT2D eigenvalue weighted by Crippen LogP contribution is -2.48. The fourth-order valence-electron chi connectivity index (χ4n) is 5.52. The van der Waals surface area contributed by atoms with Crippen LogP contribution < -0.4 is 10.1 Å². The monoisotopic (exact) mass is 514 g/mol.